The lowest BCUT2D eigenvalue weighted by atomic mass is 9.82. The molecule has 6 nitrogen and oxygen atoms in total. The Morgan fingerprint density at radius 2 is 1.79 bits per heavy atom. The van der Waals surface area contributed by atoms with E-state index in [1.807, 2.05) is 31.2 Å². The highest BCUT2D eigenvalue weighted by atomic mass is 79.9. The molecule has 0 saturated carbocycles. The molecule has 1 aromatic heterocycles. The summed E-state index contributed by atoms with van der Waals surface area (Å²) in [6.07, 6.45) is 0. The number of nitrogens with one attached hydrogen (secondary N) is 1. The number of aryl methyl sites for hydroxylation is 1. The van der Waals surface area contributed by atoms with Crippen molar-refractivity contribution < 1.29 is 14.3 Å². The molecule has 0 radical (unpaired) electrons. The van der Waals surface area contributed by atoms with Crippen LogP contribution in [0, 0.1) is 12.8 Å². The van der Waals surface area contributed by atoms with Crippen LogP contribution in [0.15, 0.2) is 81.0 Å². The third-order valence-corrected chi connectivity index (χ3v) is 10.0. The van der Waals surface area contributed by atoms with Gasteiger partial charge in [-0.25, -0.2) is 4.90 Å². The Morgan fingerprint density at radius 3 is 2.55 bits per heavy atom. The molecule has 1 fully saturated rings. The van der Waals surface area contributed by atoms with E-state index in [0.29, 0.717) is 38.5 Å². The second kappa shape index (κ2) is 10.0. The van der Waals surface area contributed by atoms with Crippen LogP contribution in [-0.4, -0.2) is 22.0 Å². The number of benzene rings is 3. The number of hydrogen-bond donors (Lipinski definition) is 1. The molecular weight excluding hydrogens is 608 g/mol. The van der Waals surface area contributed by atoms with Gasteiger partial charge in [-0.15, -0.1) is 0 Å². The number of nitrogens with zero attached hydrogens (tertiary/aromatic N) is 1. The zero-order valence-corrected chi connectivity index (χ0v) is 23.9. The number of ether oxygens (including phenoxy) is 1. The van der Waals surface area contributed by atoms with Gasteiger partial charge in [0.25, 0.3) is 0 Å². The van der Waals surface area contributed by atoms with Gasteiger partial charge >= 0.3 is 4.87 Å². The fraction of sp³-hybridized carbons (Fsp3) is 0.179. The summed E-state index contributed by atoms with van der Waals surface area (Å²) >= 11 is 12.2. The molecule has 2 aliphatic heterocycles. The van der Waals surface area contributed by atoms with Gasteiger partial charge in [0.05, 0.1) is 16.6 Å². The number of aromatic nitrogens is 1. The number of carbonyl (C=O) groups excluding carboxylic acids is 2. The average molecular weight is 628 g/mol. The standard InChI is InChI=1S/C28H20BrClN2O4S2/c1-14-4-2-3-5-15(14)13-36-20-11-8-17(30)12-19(20)21-22-24(37-25-23(21)38-28(35)31-25)27(34)32(26(22)33)18-9-6-16(29)7-10-18/h2-12,21-22,24H,13H2,1H3,(H,31,35)/t21-,22?,24?/m1/s1. The summed E-state index contributed by atoms with van der Waals surface area (Å²) in [6.45, 7) is 2.35. The number of fused-ring (bicyclic) bond motifs is 2. The fourth-order valence-electron chi connectivity index (χ4n) is 5.02. The maximum absolute atomic E-state index is 14.0. The number of rotatable bonds is 5. The molecule has 2 unspecified atom stereocenters. The van der Waals surface area contributed by atoms with Crippen LogP contribution in [0.25, 0.3) is 0 Å². The van der Waals surface area contributed by atoms with Crippen molar-refractivity contribution in [2.24, 2.45) is 5.92 Å². The van der Waals surface area contributed by atoms with Crippen molar-refractivity contribution in [1.82, 2.24) is 4.98 Å². The lowest BCUT2D eigenvalue weighted by Crippen LogP contribution is -2.32. The normalized spacial score (nSPS) is 20.4. The van der Waals surface area contributed by atoms with Gasteiger partial charge in [-0.05, 0) is 60.5 Å². The Balaban J connectivity index is 1.45. The van der Waals surface area contributed by atoms with Gasteiger partial charge in [-0.2, -0.15) is 0 Å². The summed E-state index contributed by atoms with van der Waals surface area (Å²) in [6, 6.07) is 20.3. The van der Waals surface area contributed by atoms with E-state index in [0.717, 1.165) is 26.9 Å². The van der Waals surface area contributed by atoms with E-state index < -0.39 is 17.1 Å². The quantitative estimate of drug-likeness (QED) is 0.255. The predicted octanol–water partition coefficient (Wildman–Crippen LogP) is 6.54. The smallest absolute Gasteiger partial charge is 0.305 e. The van der Waals surface area contributed by atoms with Crippen molar-refractivity contribution >= 4 is 68.1 Å². The van der Waals surface area contributed by atoms with Crippen LogP contribution in [0.4, 0.5) is 5.69 Å². The highest BCUT2D eigenvalue weighted by molar-refractivity contribution is 9.10. The van der Waals surface area contributed by atoms with Crippen LogP contribution in [0.3, 0.4) is 0 Å². The Kier molecular flexibility index (Phi) is 6.72. The molecule has 3 heterocycles. The van der Waals surface area contributed by atoms with E-state index in [4.69, 9.17) is 16.3 Å². The number of carbonyl (C=O) groups is 2. The predicted molar refractivity (Wildman–Crippen MR) is 154 cm³/mol. The minimum Gasteiger partial charge on any atom is -0.489 e. The Morgan fingerprint density at radius 1 is 1.03 bits per heavy atom. The third kappa shape index (κ3) is 4.41. The molecule has 1 saturated heterocycles. The molecule has 6 rings (SSSR count). The van der Waals surface area contributed by atoms with Crippen molar-refractivity contribution in [2.45, 2.75) is 29.7 Å². The number of amides is 2. The first-order chi connectivity index (χ1) is 18.3. The molecule has 2 amide bonds. The van der Waals surface area contributed by atoms with Gasteiger partial charge in [0, 0.05) is 25.9 Å². The zero-order valence-electron chi connectivity index (χ0n) is 19.9. The van der Waals surface area contributed by atoms with E-state index in [1.54, 1.807) is 42.5 Å². The summed E-state index contributed by atoms with van der Waals surface area (Å²) in [5, 5.41) is 0.385. The molecule has 10 heteroatoms. The van der Waals surface area contributed by atoms with Crippen LogP contribution in [0.1, 0.15) is 27.5 Å². The number of imide groups is 1. The first-order valence-electron chi connectivity index (χ1n) is 11.8. The molecule has 38 heavy (non-hydrogen) atoms. The molecule has 1 N–H and O–H groups in total. The van der Waals surface area contributed by atoms with Gasteiger partial charge in [0.1, 0.15) is 17.6 Å². The van der Waals surface area contributed by atoms with Crippen molar-refractivity contribution in [3.05, 3.63) is 107 Å². The van der Waals surface area contributed by atoms with Gasteiger partial charge in [-0.3, -0.25) is 14.4 Å². The number of thioether (sulfide) groups is 1. The largest absolute Gasteiger partial charge is 0.489 e. The van der Waals surface area contributed by atoms with Crippen LogP contribution in [-0.2, 0) is 16.2 Å². The number of aromatic amines is 1. The van der Waals surface area contributed by atoms with Gasteiger partial charge in [0.15, 0.2) is 0 Å². The highest BCUT2D eigenvalue weighted by Crippen LogP contribution is 2.54. The molecule has 192 valence electrons. The monoisotopic (exact) mass is 626 g/mol. The maximum Gasteiger partial charge on any atom is 0.305 e. The number of anilines is 1. The lowest BCUT2D eigenvalue weighted by molar-refractivity contribution is -0.122. The molecule has 0 aliphatic carbocycles. The molecule has 3 aromatic carbocycles. The molecule has 0 spiro atoms. The van der Waals surface area contributed by atoms with E-state index in [2.05, 4.69) is 20.9 Å². The van der Waals surface area contributed by atoms with E-state index in [1.165, 1.54) is 16.7 Å². The minimum absolute atomic E-state index is 0.235. The van der Waals surface area contributed by atoms with Crippen molar-refractivity contribution in [2.75, 3.05) is 4.90 Å². The fourth-order valence-corrected chi connectivity index (χ4v) is 7.97. The van der Waals surface area contributed by atoms with Gasteiger partial charge in [-0.1, -0.05) is 74.9 Å². The number of H-pyrrole nitrogens is 1. The van der Waals surface area contributed by atoms with E-state index in [9.17, 15) is 14.4 Å². The number of halogens is 2. The molecule has 0 bridgehead atoms. The topological polar surface area (TPSA) is 79.5 Å². The van der Waals surface area contributed by atoms with Crippen molar-refractivity contribution in [3.8, 4) is 5.75 Å². The van der Waals surface area contributed by atoms with Crippen LogP contribution >= 0.6 is 50.6 Å². The highest BCUT2D eigenvalue weighted by Gasteiger charge is 2.56. The summed E-state index contributed by atoms with van der Waals surface area (Å²) in [4.78, 5) is 44.7. The Labute approximate surface area is 240 Å². The van der Waals surface area contributed by atoms with Crippen LogP contribution in [0.2, 0.25) is 5.02 Å². The molecular formula is C28H20BrClN2O4S2. The van der Waals surface area contributed by atoms with E-state index in [-0.39, 0.29) is 16.7 Å². The molecule has 4 aromatic rings. The summed E-state index contributed by atoms with van der Waals surface area (Å²) in [7, 11) is 0. The summed E-state index contributed by atoms with van der Waals surface area (Å²) in [5.74, 6) is -1.37. The first kappa shape index (κ1) is 25.4. The SMILES string of the molecule is Cc1ccccc1COc1ccc(Cl)cc1[C@H]1c2sc(=O)[nH]c2SC2C(=O)N(c3ccc(Br)cc3)C(=O)C21. The Hall–Kier alpha value is -2.85. The minimum atomic E-state index is -0.727. The Bertz CT molecular complexity index is 1630. The summed E-state index contributed by atoms with van der Waals surface area (Å²) < 4.78 is 7.15. The van der Waals surface area contributed by atoms with Gasteiger partial charge in [0.2, 0.25) is 11.8 Å². The first-order valence-corrected chi connectivity index (χ1v) is 14.7. The van der Waals surface area contributed by atoms with Crippen LogP contribution < -0.4 is 14.5 Å². The van der Waals surface area contributed by atoms with E-state index >= 15 is 0 Å². The molecule has 3 atom stereocenters. The zero-order chi connectivity index (χ0) is 26.6. The number of thiazole rings is 1. The third-order valence-electron chi connectivity index (χ3n) is 6.86. The number of hydrogen-bond acceptors (Lipinski definition) is 6. The van der Waals surface area contributed by atoms with Crippen molar-refractivity contribution in [3.63, 3.8) is 0 Å². The molecule has 2 aliphatic rings. The summed E-state index contributed by atoms with van der Waals surface area (Å²) in [5.41, 5.74) is 3.32. The van der Waals surface area contributed by atoms with Crippen molar-refractivity contribution in [1.29, 1.82) is 0 Å². The second-order valence-electron chi connectivity index (χ2n) is 9.14. The second-order valence-corrected chi connectivity index (χ2v) is 12.7. The average Bonchev–Trinajstić information content (AvgIpc) is 3.39. The van der Waals surface area contributed by atoms with Gasteiger partial charge < -0.3 is 9.72 Å². The maximum atomic E-state index is 14.0. The van der Waals surface area contributed by atoms with Crippen LogP contribution in [0.5, 0.6) is 5.75 Å². The lowest BCUT2D eigenvalue weighted by Gasteiger charge is -2.31.